The summed E-state index contributed by atoms with van der Waals surface area (Å²) in [4.78, 5) is 26.2. The Kier molecular flexibility index (Phi) is 6.25. The van der Waals surface area contributed by atoms with Gasteiger partial charge in [-0.2, -0.15) is 0 Å². The van der Waals surface area contributed by atoms with Crippen LogP contribution >= 0.6 is 0 Å². The molecule has 1 aliphatic heterocycles. The summed E-state index contributed by atoms with van der Waals surface area (Å²) in [5.74, 6) is -0.352. The SMILES string of the molecule is O=C(OCCc1ccccc1)C1CCCN1C(=O)OCc1ccccc1. The van der Waals surface area contributed by atoms with Gasteiger partial charge in [0.2, 0.25) is 0 Å². The Morgan fingerprint density at radius 2 is 1.58 bits per heavy atom. The predicted octanol–water partition coefficient (Wildman–Crippen LogP) is 3.57. The molecule has 0 spiro atoms. The summed E-state index contributed by atoms with van der Waals surface area (Å²) in [7, 11) is 0. The van der Waals surface area contributed by atoms with E-state index in [9.17, 15) is 9.59 Å². The molecular formula is C21H23NO4. The quantitative estimate of drug-likeness (QED) is 0.745. The third-order valence-electron chi connectivity index (χ3n) is 4.44. The van der Waals surface area contributed by atoms with Crippen LogP contribution in [0.4, 0.5) is 4.79 Å². The molecule has 5 nitrogen and oxygen atoms in total. The maximum Gasteiger partial charge on any atom is 0.410 e. The second kappa shape index (κ2) is 9.04. The largest absolute Gasteiger partial charge is 0.464 e. The van der Waals surface area contributed by atoms with Gasteiger partial charge in [0.15, 0.2) is 0 Å². The molecule has 3 rings (SSSR count). The van der Waals surface area contributed by atoms with E-state index < -0.39 is 12.1 Å². The van der Waals surface area contributed by atoms with E-state index in [1.807, 2.05) is 60.7 Å². The average Bonchev–Trinajstić information content (AvgIpc) is 3.18. The summed E-state index contributed by atoms with van der Waals surface area (Å²) in [5, 5.41) is 0. The monoisotopic (exact) mass is 353 g/mol. The molecule has 5 heteroatoms. The lowest BCUT2D eigenvalue weighted by Crippen LogP contribution is -2.41. The molecule has 0 N–H and O–H groups in total. The average molecular weight is 353 g/mol. The number of ether oxygens (including phenoxy) is 2. The minimum absolute atomic E-state index is 0.200. The number of esters is 1. The van der Waals surface area contributed by atoms with Gasteiger partial charge in [-0.3, -0.25) is 4.90 Å². The van der Waals surface area contributed by atoms with Gasteiger partial charge in [0, 0.05) is 13.0 Å². The molecule has 0 bridgehead atoms. The van der Waals surface area contributed by atoms with Gasteiger partial charge in [-0.05, 0) is 24.0 Å². The Bertz CT molecular complexity index is 717. The van der Waals surface area contributed by atoms with Crippen molar-refractivity contribution in [3.8, 4) is 0 Å². The second-order valence-electron chi connectivity index (χ2n) is 6.29. The normalized spacial score (nSPS) is 16.3. The van der Waals surface area contributed by atoms with Gasteiger partial charge in [-0.25, -0.2) is 9.59 Å². The highest BCUT2D eigenvalue weighted by Gasteiger charge is 2.36. The zero-order valence-corrected chi connectivity index (χ0v) is 14.7. The molecule has 26 heavy (non-hydrogen) atoms. The molecule has 1 aliphatic rings. The highest BCUT2D eigenvalue weighted by Crippen LogP contribution is 2.20. The molecule has 1 saturated heterocycles. The summed E-state index contributed by atoms with van der Waals surface area (Å²) in [5.41, 5.74) is 2.04. The van der Waals surface area contributed by atoms with E-state index in [4.69, 9.17) is 9.47 Å². The fourth-order valence-electron chi connectivity index (χ4n) is 3.04. The van der Waals surface area contributed by atoms with Crippen molar-refractivity contribution in [2.75, 3.05) is 13.2 Å². The number of amides is 1. The molecular weight excluding hydrogens is 330 g/mol. The molecule has 0 saturated carbocycles. The van der Waals surface area contributed by atoms with E-state index in [0.29, 0.717) is 26.0 Å². The first-order chi connectivity index (χ1) is 12.7. The van der Waals surface area contributed by atoms with Gasteiger partial charge >= 0.3 is 12.1 Å². The van der Waals surface area contributed by atoms with Gasteiger partial charge in [0.05, 0.1) is 6.61 Å². The Morgan fingerprint density at radius 3 is 2.27 bits per heavy atom. The first kappa shape index (κ1) is 18.0. The number of nitrogens with zero attached hydrogens (tertiary/aromatic N) is 1. The zero-order valence-electron chi connectivity index (χ0n) is 14.7. The Morgan fingerprint density at radius 1 is 0.923 bits per heavy atom. The molecule has 1 heterocycles. The number of hydrogen-bond donors (Lipinski definition) is 0. The van der Waals surface area contributed by atoms with Crippen LogP contribution in [0.25, 0.3) is 0 Å². The lowest BCUT2D eigenvalue weighted by molar-refractivity contribution is -0.148. The predicted molar refractivity (Wildman–Crippen MR) is 97.5 cm³/mol. The summed E-state index contributed by atoms with van der Waals surface area (Å²) < 4.78 is 10.7. The maximum absolute atomic E-state index is 12.4. The van der Waals surface area contributed by atoms with Crippen molar-refractivity contribution in [2.24, 2.45) is 0 Å². The molecule has 2 aromatic carbocycles. The minimum atomic E-state index is -0.547. The smallest absolute Gasteiger partial charge is 0.410 e. The Balaban J connectivity index is 1.47. The van der Waals surface area contributed by atoms with Crippen molar-refractivity contribution >= 4 is 12.1 Å². The van der Waals surface area contributed by atoms with Crippen LogP contribution in [0, 0.1) is 0 Å². The lowest BCUT2D eigenvalue weighted by Gasteiger charge is -2.22. The van der Waals surface area contributed by atoms with Crippen molar-refractivity contribution in [1.82, 2.24) is 4.90 Å². The highest BCUT2D eigenvalue weighted by molar-refractivity contribution is 5.82. The molecule has 0 radical (unpaired) electrons. The third kappa shape index (κ3) is 4.85. The number of hydrogen-bond acceptors (Lipinski definition) is 4. The number of carbonyl (C=O) groups excluding carboxylic acids is 2. The second-order valence-corrected chi connectivity index (χ2v) is 6.29. The topological polar surface area (TPSA) is 55.8 Å². The molecule has 1 atom stereocenters. The van der Waals surface area contributed by atoms with E-state index >= 15 is 0 Å². The number of carbonyl (C=O) groups is 2. The molecule has 2 aromatic rings. The van der Waals surface area contributed by atoms with Gasteiger partial charge in [-0.1, -0.05) is 60.7 Å². The van der Waals surface area contributed by atoms with Crippen LogP contribution in [0.2, 0.25) is 0 Å². The van der Waals surface area contributed by atoms with Crippen LogP contribution < -0.4 is 0 Å². The van der Waals surface area contributed by atoms with Crippen LogP contribution in [-0.4, -0.2) is 36.2 Å². The number of likely N-dealkylation sites (tertiary alicyclic amines) is 1. The van der Waals surface area contributed by atoms with Crippen molar-refractivity contribution in [2.45, 2.75) is 31.9 Å². The highest BCUT2D eigenvalue weighted by atomic mass is 16.6. The van der Waals surface area contributed by atoms with Gasteiger partial charge in [0.25, 0.3) is 0 Å². The van der Waals surface area contributed by atoms with Gasteiger partial charge < -0.3 is 9.47 Å². The van der Waals surface area contributed by atoms with Crippen molar-refractivity contribution in [1.29, 1.82) is 0 Å². The first-order valence-corrected chi connectivity index (χ1v) is 8.92. The molecule has 0 aromatic heterocycles. The van der Waals surface area contributed by atoms with Crippen LogP contribution in [0.15, 0.2) is 60.7 Å². The van der Waals surface area contributed by atoms with E-state index in [-0.39, 0.29) is 12.6 Å². The van der Waals surface area contributed by atoms with Crippen molar-refractivity contribution in [3.63, 3.8) is 0 Å². The van der Waals surface area contributed by atoms with E-state index in [2.05, 4.69) is 0 Å². The Hall–Kier alpha value is -2.82. The third-order valence-corrected chi connectivity index (χ3v) is 4.44. The van der Waals surface area contributed by atoms with Crippen LogP contribution in [0.1, 0.15) is 24.0 Å². The zero-order chi connectivity index (χ0) is 18.2. The number of rotatable bonds is 6. The van der Waals surface area contributed by atoms with E-state index in [0.717, 1.165) is 17.5 Å². The van der Waals surface area contributed by atoms with Crippen LogP contribution in [-0.2, 0) is 27.3 Å². The maximum atomic E-state index is 12.4. The lowest BCUT2D eigenvalue weighted by atomic mass is 10.2. The molecule has 1 unspecified atom stereocenters. The standard InChI is InChI=1S/C21H23NO4/c23-20(25-15-13-17-8-3-1-4-9-17)19-12-7-14-22(19)21(24)26-16-18-10-5-2-6-11-18/h1-6,8-11,19H,7,12-16H2. The van der Waals surface area contributed by atoms with Crippen molar-refractivity contribution in [3.05, 3.63) is 71.8 Å². The first-order valence-electron chi connectivity index (χ1n) is 8.92. The fraction of sp³-hybridized carbons (Fsp3) is 0.333. The molecule has 136 valence electrons. The summed E-state index contributed by atoms with van der Waals surface area (Å²) >= 11 is 0. The van der Waals surface area contributed by atoms with E-state index in [1.165, 1.54) is 4.90 Å². The molecule has 1 amide bonds. The fourth-order valence-corrected chi connectivity index (χ4v) is 3.04. The summed E-state index contributed by atoms with van der Waals surface area (Å²) in [6.45, 7) is 1.03. The Labute approximate surface area is 153 Å². The summed E-state index contributed by atoms with van der Waals surface area (Å²) in [6.07, 6.45) is 1.60. The molecule has 1 fully saturated rings. The van der Waals surface area contributed by atoms with Gasteiger partial charge in [0.1, 0.15) is 12.6 Å². The van der Waals surface area contributed by atoms with Crippen LogP contribution in [0.3, 0.4) is 0 Å². The number of benzene rings is 2. The summed E-state index contributed by atoms with van der Waals surface area (Å²) in [6, 6.07) is 18.8. The van der Waals surface area contributed by atoms with E-state index in [1.54, 1.807) is 0 Å². The molecule has 0 aliphatic carbocycles. The minimum Gasteiger partial charge on any atom is -0.464 e. The van der Waals surface area contributed by atoms with Crippen LogP contribution in [0.5, 0.6) is 0 Å². The van der Waals surface area contributed by atoms with Crippen molar-refractivity contribution < 1.29 is 19.1 Å². The van der Waals surface area contributed by atoms with Gasteiger partial charge in [-0.15, -0.1) is 0 Å².